The topological polar surface area (TPSA) is 49.4 Å². The Morgan fingerprint density at radius 1 is 1.12 bits per heavy atom. The monoisotopic (exact) mass is 344 g/mol. The molecule has 2 aromatic carbocycles. The van der Waals surface area contributed by atoms with Crippen molar-refractivity contribution in [2.45, 2.75) is 20.3 Å². The minimum Gasteiger partial charge on any atom is -0.354 e. The van der Waals surface area contributed by atoms with Crippen LogP contribution in [0, 0.1) is 6.92 Å². The standard InChI is InChI=1S/C19H21ClN2O2/c1-14-8-9-17(20)13-18(14)22(15(2)23)11-10-21-19(24)12-16-6-4-3-5-7-16/h3-9,13H,10-12H2,1-2H3,(H,21,24). The lowest BCUT2D eigenvalue weighted by molar-refractivity contribution is -0.121. The van der Waals surface area contributed by atoms with Crippen molar-refractivity contribution in [2.24, 2.45) is 0 Å². The van der Waals surface area contributed by atoms with E-state index in [1.165, 1.54) is 6.92 Å². The summed E-state index contributed by atoms with van der Waals surface area (Å²) in [4.78, 5) is 25.6. The first-order valence-corrected chi connectivity index (χ1v) is 8.20. The number of hydrogen-bond donors (Lipinski definition) is 1. The Balaban J connectivity index is 1.93. The van der Waals surface area contributed by atoms with Gasteiger partial charge in [-0.15, -0.1) is 0 Å². The number of hydrogen-bond acceptors (Lipinski definition) is 2. The number of amides is 2. The zero-order valence-corrected chi connectivity index (χ0v) is 14.6. The molecular weight excluding hydrogens is 324 g/mol. The SMILES string of the molecule is CC(=O)N(CCNC(=O)Cc1ccccc1)c1cc(Cl)ccc1C. The van der Waals surface area contributed by atoms with Crippen LogP contribution in [0.15, 0.2) is 48.5 Å². The number of nitrogens with zero attached hydrogens (tertiary/aromatic N) is 1. The molecule has 0 radical (unpaired) electrons. The number of benzene rings is 2. The summed E-state index contributed by atoms with van der Waals surface area (Å²) in [6.45, 7) is 4.22. The van der Waals surface area contributed by atoms with Crippen molar-refractivity contribution in [1.82, 2.24) is 5.32 Å². The maximum Gasteiger partial charge on any atom is 0.224 e. The van der Waals surface area contributed by atoms with Gasteiger partial charge in [0.2, 0.25) is 11.8 Å². The van der Waals surface area contributed by atoms with Crippen LogP contribution in [-0.2, 0) is 16.0 Å². The van der Waals surface area contributed by atoms with E-state index in [-0.39, 0.29) is 11.8 Å². The van der Waals surface area contributed by atoms with Crippen molar-refractivity contribution < 1.29 is 9.59 Å². The molecule has 2 rings (SSSR count). The van der Waals surface area contributed by atoms with Crippen molar-refractivity contribution in [3.63, 3.8) is 0 Å². The molecule has 5 heteroatoms. The second-order valence-electron chi connectivity index (χ2n) is 5.61. The van der Waals surface area contributed by atoms with Gasteiger partial charge in [0.1, 0.15) is 0 Å². The molecule has 0 aliphatic carbocycles. The van der Waals surface area contributed by atoms with E-state index in [0.29, 0.717) is 24.5 Å². The van der Waals surface area contributed by atoms with Crippen LogP contribution in [0.4, 0.5) is 5.69 Å². The molecule has 0 heterocycles. The summed E-state index contributed by atoms with van der Waals surface area (Å²) in [5.41, 5.74) is 2.70. The number of rotatable bonds is 6. The van der Waals surface area contributed by atoms with Crippen LogP contribution in [0.2, 0.25) is 5.02 Å². The number of halogens is 1. The van der Waals surface area contributed by atoms with Crippen LogP contribution < -0.4 is 10.2 Å². The third-order valence-corrected chi connectivity index (χ3v) is 3.94. The van der Waals surface area contributed by atoms with E-state index in [9.17, 15) is 9.59 Å². The average molecular weight is 345 g/mol. The Morgan fingerprint density at radius 2 is 1.83 bits per heavy atom. The number of anilines is 1. The van der Waals surface area contributed by atoms with Crippen molar-refractivity contribution >= 4 is 29.1 Å². The maximum atomic E-state index is 12.0. The van der Waals surface area contributed by atoms with Crippen molar-refractivity contribution in [2.75, 3.05) is 18.0 Å². The highest BCUT2D eigenvalue weighted by Crippen LogP contribution is 2.24. The fraction of sp³-hybridized carbons (Fsp3) is 0.263. The first-order valence-electron chi connectivity index (χ1n) is 7.82. The first kappa shape index (κ1) is 18.0. The Hall–Kier alpha value is -2.33. The molecule has 0 spiro atoms. The van der Waals surface area contributed by atoms with E-state index in [0.717, 1.165) is 16.8 Å². The summed E-state index contributed by atoms with van der Waals surface area (Å²) in [6.07, 6.45) is 0.330. The first-order chi connectivity index (χ1) is 11.5. The number of carbonyl (C=O) groups is 2. The molecule has 0 unspecified atom stereocenters. The molecule has 0 aliphatic rings. The van der Waals surface area contributed by atoms with E-state index in [2.05, 4.69) is 5.32 Å². The molecule has 0 aromatic heterocycles. The van der Waals surface area contributed by atoms with Crippen molar-refractivity contribution in [3.8, 4) is 0 Å². The molecule has 2 amide bonds. The van der Waals surface area contributed by atoms with Gasteiger partial charge in [0.05, 0.1) is 6.42 Å². The molecule has 126 valence electrons. The molecule has 0 atom stereocenters. The Labute approximate surface area is 147 Å². The normalized spacial score (nSPS) is 10.3. The zero-order valence-electron chi connectivity index (χ0n) is 13.9. The Kier molecular flexibility index (Phi) is 6.38. The van der Waals surface area contributed by atoms with E-state index in [4.69, 9.17) is 11.6 Å². The Morgan fingerprint density at radius 3 is 2.50 bits per heavy atom. The summed E-state index contributed by atoms with van der Waals surface area (Å²) in [5.74, 6) is -0.148. The van der Waals surface area contributed by atoms with Gasteiger partial charge in [-0.1, -0.05) is 48.0 Å². The van der Waals surface area contributed by atoms with E-state index >= 15 is 0 Å². The number of carbonyl (C=O) groups excluding carboxylic acids is 2. The fourth-order valence-corrected chi connectivity index (χ4v) is 2.64. The molecule has 24 heavy (non-hydrogen) atoms. The molecule has 0 bridgehead atoms. The van der Waals surface area contributed by atoms with Gasteiger partial charge in [-0.2, -0.15) is 0 Å². The van der Waals surface area contributed by atoms with Gasteiger partial charge in [-0.05, 0) is 30.2 Å². The van der Waals surface area contributed by atoms with Gasteiger partial charge in [0.25, 0.3) is 0 Å². The molecule has 0 fully saturated rings. The molecule has 0 saturated heterocycles. The number of aryl methyl sites for hydroxylation is 1. The average Bonchev–Trinajstić information content (AvgIpc) is 2.55. The summed E-state index contributed by atoms with van der Waals surface area (Å²) >= 11 is 6.03. The highest BCUT2D eigenvalue weighted by atomic mass is 35.5. The van der Waals surface area contributed by atoms with Gasteiger partial charge in [0.15, 0.2) is 0 Å². The molecule has 0 aliphatic heterocycles. The van der Waals surface area contributed by atoms with Gasteiger partial charge in [0, 0.05) is 30.7 Å². The van der Waals surface area contributed by atoms with Crippen LogP contribution in [-0.4, -0.2) is 24.9 Å². The van der Waals surface area contributed by atoms with Crippen LogP contribution >= 0.6 is 11.6 Å². The Bertz CT molecular complexity index is 717. The van der Waals surface area contributed by atoms with Crippen LogP contribution in [0.5, 0.6) is 0 Å². The predicted octanol–water partition coefficient (Wildman–Crippen LogP) is 3.36. The summed E-state index contributed by atoms with van der Waals surface area (Å²) in [5, 5.41) is 3.43. The van der Waals surface area contributed by atoms with E-state index < -0.39 is 0 Å². The third kappa shape index (κ3) is 5.10. The highest BCUT2D eigenvalue weighted by Gasteiger charge is 2.14. The van der Waals surface area contributed by atoms with Crippen molar-refractivity contribution in [3.05, 3.63) is 64.7 Å². The van der Waals surface area contributed by atoms with Crippen molar-refractivity contribution in [1.29, 1.82) is 0 Å². The third-order valence-electron chi connectivity index (χ3n) is 3.71. The molecule has 0 saturated carbocycles. The van der Waals surface area contributed by atoms with Gasteiger partial charge >= 0.3 is 0 Å². The number of nitrogens with one attached hydrogen (secondary N) is 1. The largest absolute Gasteiger partial charge is 0.354 e. The maximum absolute atomic E-state index is 12.0. The highest BCUT2D eigenvalue weighted by molar-refractivity contribution is 6.31. The van der Waals surface area contributed by atoms with Gasteiger partial charge < -0.3 is 10.2 Å². The van der Waals surface area contributed by atoms with Gasteiger partial charge in [-0.25, -0.2) is 0 Å². The summed E-state index contributed by atoms with van der Waals surface area (Å²) < 4.78 is 0. The lowest BCUT2D eigenvalue weighted by Crippen LogP contribution is -2.38. The minimum absolute atomic E-state index is 0.0625. The lowest BCUT2D eigenvalue weighted by Gasteiger charge is -2.23. The molecular formula is C19H21ClN2O2. The molecule has 1 N–H and O–H groups in total. The summed E-state index contributed by atoms with van der Waals surface area (Å²) in [6, 6.07) is 15.0. The van der Waals surface area contributed by atoms with E-state index in [1.807, 2.05) is 43.3 Å². The fourth-order valence-electron chi connectivity index (χ4n) is 2.47. The second-order valence-corrected chi connectivity index (χ2v) is 6.05. The minimum atomic E-state index is -0.0855. The zero-order chi connectivity index (χ0) is 17.5. The quantitative estimate of drug-likeness (QED) is 0.873. The van der Waals surface area contributed by atoms with Crippen LogP contribution in [0.3, 0.4) is 0 Å². The second kappa shape index (κ2) is 8.50. The molecule has 4 nitrogen and oxygen atoms in total. The molecule has 2 aromatic rings. The van der Waals surface area contributed by atoms with E-state index in [1.54, 1.807) is 17.0 Å². The van der Waals surface area contributed by atoms with Crippen LogP contribution in [0.25, 0.3) is 0 Å². The van der Waals surface area contributed by atoms with Crippen LogP contribution in [0.1, 0.15) is 18.1 Å². The smallest absolute Gasteiger partial charge is 0.224 e. The lowest BCUT2D eigenvalue weighted by atomic mass is 10.1. The summed E-state index contributed by atoms with van der Waals surface area (Å²) in [7, 11) is 0. The predicted molar refractivity (Wildman–Crippen MR) is 97.4 cm³/mol. The van der Waals surface area contributed by atoms with Gasteiger partial charge in [-0.3, -0.25) is 9.59 Å².